The first-order valence-corrected chi connectivity index (χ1v) is 14.3. The Labute approximate surface area is 246 Å². The molecular weight excluding hydrogens is 551 g/mol. The van der Waals surface area contributed by atoms with Gasteiger partial charge in [-0.3, -0.25) is 14.6 Å². The Bertz CT molecular complexity index is 1910. The van der Waals surface area contributed by atoms with Gasteiger partial charge in [0.15, 0.2) is 0 Å². The van der Waals surface area contributed by atoms with Crippen molar-refractivity contribution in [2.45, 2.75) is 11.3 Å². The fourth-order valence-corrected chi connectivity index (χ4v) is 7.78. The zero-order chi connectivity index (χ0) is 27.9. The highest BCUT2D eigenvalue weighted by Gasteiger charge is 2.68. The zero-order valence-corrected chi connectivity index (χ0v) is 23.2. The van der Waals surface area contributed by atoms with Crippen LogP contribution in [0, 0.1) is 11.8 Å². The molecule has 0 radical (unpaired) electrons. The molecule has 5 aromatic carbocycles. The Morgan fingerprint density at radius 1 is 0.732 bits per heavy atom. The topological polar surface area (TPSA) is 49.7 Å². The number of rotatable bonds is 3. The maximum Gasteiger partial charge on any atom is 0.239 e. The first-order chi connectivity index (χ1) is 20.0. The summed E-state index contributed by atoms with van der Waals surface area (Å²) in [6, 6.07) is 35.0. The smallest absolute Gasteiger partial charge is 0.239 e. The molecule has 6 heteroatoms. The second-order valence-electron chi connectivity index (χ2n) is 10.9. The minimum Gasteiger partial charge on any atom is -0.274 e. The molecule has 0 saturated carbocycles. The summed E-state index contributed by atoms with van der Waals surface area (Å²) in [5, 5.41) is 2.81. The van der Waals surface area contributed by atoms with E-state index in [4.69, 9.17) is 28.2 Å². The van der Waals surface area contributed by atoms with Crippen molar-refractivity contribution >= 4 is 63.4 Å². The van der Waals surface area contributed by atoms with Crippen molar-refractivity contribution in [3.8, 4) is 0 Å². The van der Waals surface area contributed by atoms with Gasteiger partial charge in [-0.2, -0.15) is 0 Å². The Morgan fingerprint density at radius 3 is 2.15 bits per heavy atom. The quantitative estimate of drug-likeness (QED) is 0.162. The third kappa shape index (κ3) is 3.26. The molecule has 198 valence electrons. The molecule has 4 nitrogen and oxygen atoms in total. The second kappa shape index (κ2) is 8.87. The summed E-state index contributed by atoms with van der Waals surface area (Å²) in [4.78, 5) is 35.6. The largest absolute Gasteiger partial charge is 0.274 e. The van der Waals surface area contributed by atoms with Crippen LogP contribution in [0.5, 0.6) is 0 Å². The molecule has 4 aliphatic rings. The molecule has 0 aromatic heterocycles. The highest BCUT2D eigenvalue weighted by atomic mass is 35.5. The SMILES string of the molecule is O=C1[C@@H]2C3c4ccccc4C(C=Nc4cc(Cl)ccc4Cl)(c4ccccc43)[C@@H]2C(=O)N1c1cccc2ccccc12. The van der Waals surface area contributed by atoms with Gasteiger partial charge >= 0.3 is 0 Å². The van der Waals surface area contributed by atoms with Crippen LogP contribution in [0.3, 0.4) is 0 Å². The van der Waals surface area contributed by atoms with Crippen molar-refractivity contribution in [1.29, 1.82) is 0 Å². The van der Waals surface area contributed by atoms with Crippen LogP contribution in [-0.2, 0) is 15.0 Å². The maximum absolute atomic E-state index is 14.7. The van der Waals surface area contributed by atoms with Gasteiger partial charge < -0.3 is 0 Å². The summed E-state index contributed by atoms with van der Waals surface area (Å²) in [6.07, 6.45) is 1.84. The van der Waals surface area contributed by atoms with Gasteiger partial charge in [0, 0.05) is 22.5 Å². The number of imide groups is 1. The molecule has 0 unspecified atom stereocenters. The van der Waals surface area contributed by atoms with Crippen LogP contribution in [-0.4, -0.2) is 18.0 Å². The molecule has 5 aromatic rings. The number of amides is 2. The van der Waals surface area contributed by atoms with Crippen LogP contribution in [0.1, 0.15) is 28.2 Å². The molecule has 0 spiro atoms. The molecule has 9 rings (SSSR count). The van der Waals surface area contributed by atoms with E-state index >= 15 is 0 Å². The van der Waals surface area contributed by atoms with Crippen molar-refractivity contribution < 1.29 is 9.59 Å². The predicted octanol–water partition coefficient (Wildman–Crippen LogP) is 8.10. The average Bonchev–Trinajstić information content (AvgIpc) is 3.27. The zero-order valence-electron chi connectivity index (χ0n) is 21.7. The molecular formula is C35H22Cl2N2O2. The number of aliphatic imine (C=N–C) groups is 1. The van der Waals surface area contributed by atoms with E-state index in [2.05, 4.69) is 24.3 Å². The van der Waals surface area contributed by atoms with E-state index in [1.807, 2.05) is 72.9 Å². The Hall–Kier alpha value is -4.25. The van der Waals surface area contributed by atoms with E-state index in [1.54, 1.807) is 18.2 Å². The van der Waals surface area contributed by atoms with Crippen LogP contribution in [0.25, 0.3) is 10.8 Å². The van der Waals surface area contributed by atoms with E-state index in [-0.39, 0.29) is 17.7 Å². The summed E-state index contributed by atoms with van der Waals surface area (Å²) >= 11 is 12.8. The van der Waals surface area contributed by atoms with Gasteiger partial charge in [0.2, 0.25) is 11.8 Å². The first-order valence-electron chi connectivity index (χ1n) is 13.6. The minimum atomic E-state index is -0.982. The summed E-state index contributed by atoms with van der Waals surface area (Å²) in [6.45, 7) is 0. The fourth-order valence-electron chi connectivity index (χ4n) is 7.45. The van der Waals surface area contributed by atoms with Gasteiger partial charge in [-0.05, 0) is 51.9 Å². The number of anilines is 1. The fraction of sp³-hybridized carbons (Fsp3) is 0.114. The Kier molecular flexibility index (Phi) is 5.31. The molecule has 0 N–H and O–H groups in total. The summed E-state index contributed by atoms with van der Waals surface area (Å²) in [5.41, 5.74) is 4.24. The molecule has 1 fully saturated rings. The molecule has 2 amide bonds. The molecule has 1 saturated heterocycles. The number of carbonyl (C=O) groups excluding carboxylic acids is 2. The monoisotopic (exact) mass is 572 g/mol. The standard InChI is InChI=1S/C35H22Cl2N2O2/c36-21-16-17-27(37)28(18-21)38-19-35-25-13-5-3-11-23(25)30(24-12-4-6-14-26(24)35)31-32(35)34(41)39(33(31)40)29-15-7-9-20-8-1-2-10-22(20)29/h1-19,30-32H/t30?,31-,32+,35?/m1/s1. The number of benzene rings is 5. The third-order valence-corrected chi connectivity index (χ3v) is 9.56. The van der Waals surface area contributed by atoms with Gasteiger partial charge in [-0.25, -0.2) is 4.90 Å². The number of fused-ring (bicyclic) bond motifs is 1. The number of carbonyl (C=O) groups is 2. The van der Waals surface area contributed by atoms with Crippen molar-refractivity contribution in [2.75, 3.05) is 4.90 Å². The first kappa shape index (κ1) is 24.5. The highest BCUT2D eigenvalue weighted by molar-refractivity contribution is 6.35. The van der Waals surface area contributed by atoms with Gasteiger partial charge in [-0.15, -0.1) is 0 Å². The van der Waals surface area contributed by atoms with Crippen molar-refractivity contribution in [3.05, 3.63) is 141 Å². The summed E-state index contributed by atoms with van der Waals surface area (Å²) < 4.78 is 0. The van der Waals surface area contributed by atoms with Crippen molar-refractivity contribution in [1.82, 2.24) is 0 Å². The van der Waals surface area contributed by atoms with Gasteiger partial charge in [0.05, 0.1) is 33.6 Å². The van der Waals surface area contributed by atoms with Crippen LogP contribution in [0.4, 0.5) is 11.4 Å². The normalized spacial score (nSPS) is 24.1. The average molecular weight is 573 g/mol. The molecule has 1 aliphatic heterocycles. The minimum absolute atomic E-state index is 0.177. The van der Waals surface area contributed by atoms with Gasteiger partial charge in [0.25, 0.3) is 0 Å². The Morgan fingerprint density at radius 2 is 1.39 bits per heavy atom. The lowest BCUT2D eigenvalue weighted by Crippen LogP contribution is -2.54. The lowest BCUT2D eigenvalue weighted by Gasteiger charge is -2.52. The predicted molar refractivity (Wildman–Crippen MR) is 164 cm³/mol. The lowest BCUT2D eigenvalue weighted by molar-refractivity contribution is -0.122. The maximum atomic E-state index is 14.7. The van der Waals surface area contributed by atoms with Gasteiger partial charge in [-0.1, -0.05) is 108 Å². The second-order valence-corrected chi connectivity index (χ2v) is 11.7. The number of hydrogen-bond acceptors (Lipinski definition) is 3. The molecule has 1 heterocycles. The molecule has 41 heavy (non-hydrogen) atoms. The van der Waals surface area contributed by atoms with E-state index in [1.165, 1.54) is 4.90 Å². The van der Waals surface area contributed by atoms with Crippen LogP contribution in [0.2, 0.25) is 10.0 Å². The van der Waals surface area contributed by atoms with Crippen LogP contribution in [0.15, 0.2) is 114 Å². The summed E-state index contributed by atoms with van der Waals surface area (Å²) in [7, 11) is 0. The number of nitrogens with zero attached hydrogens (tertiary/aromatic N) is 2. The van der Waals surface area contributed by atoms with Crippen molar-refractivity contribution in [2.24, 2.45) is 16.8 Å². The summed E-state index contributed by atoms with van der Waals surface area (Å²) in [5.74, 6) is -1.88. The third-order valence-electron chi connectivity index (χ3n) is 9.01. The van der Waals surface area contributed by atoms with E-state index in [0.29, 0.717) is 21.4 Å². The molecule has 2 atom stereocenters. The number of halogens is 2. The van der Waals surface area contributed by atoms with Crippen molar-refractivity contribution in [3.63, 3.8) is 0 Å². The van der Waals surface area contributed by atoms with E-state index in [0.717, 1.165) is 33.0 Å². The lowest BCUT2D eigenvalue weighted by atomic mass is 9.47. The molecule has 2 bridgehead atoms. The number of hydrogen-bond donors (Lipinski definition) is 0. The highest BCUT2D eigenvalue weighted by Crippen LogP contribution is 2.64. The molecule has 3 aliphatic carbocycles. The Balaban J connectivity index is 1.41. The van der Waals surface area contributed by atoms with Crippen LogP contribution >= 0.6 is 23.2 Å². The van der Waals surface area contributed by atoms with Crippen LogP contribution < -0.4 is 4.90 Å². The van der Waals surface area contributed by atoms with E-state index in [9.17, 15) is 9.59 Å². The van der Waals surface area contributed by atoms with Gasteiger partial charge in [0.1, 0.15) is 0 Å². The van der Waals surface area contributed by atoms with E-state index < -0.39 is 17.3 Å².